The molecule has 0 aromatic heterocycles. The first-order valence-electron chi connectivity index (χ1n) is 7.42. The number of rotatable bonds is 3. The molecular formula is C14H27N3O. The molecule has 1 saturated carbocycles. The largest absolute Gasteiger partial charge is 0.352 e. The number of hydrogen-bond acceptors (Lipinski definition) is 3. The van der Waals surface area contributed by atoms with Crippen molar-refractivity contribution in [3.05, 3.63) is 0 Å². The van der Waals surface area contributed by atoms with Gasteiger partial charge in [0.1, 0.15) is 0 Å². The standard InChI is InChI=1S/C14H27N3O/c1-11-4-2-3-5-13(11)16-14(18)10-17-8-6-12(15)7-9-17/h11-13H,2-10,15H2,1H3,(H,16,18). The predicted molar refractivity (Wildman–Crippen MR) is 73.2 cm³/mol. The lowest BCUT2D eigenvalue weighted by molar-refractivity contribution is -0.123. The molecule has 104 valence electrons. The monoisotopic (exact) mass is 253 g/mol. The summed E-state index contributed by atoms with van der Waals surface area (Å²) in [5, 5.41) is 3.22. The molecule has 2 aliphatic rings. The maximum absolute atomic E-state index is 12.0. The Balaban J connectivity index is 1.71. The van der Waals surface area contributed by atoms with Gasteiger partial charge in [0, 0.05) is 25.2 Å². The maximum atomic E-state index is 12.0. The molecule has 4 nitrogen and oxygen atoms in total. The van der Waals surface area contributed by atoms with Crippen LogP contribution in [-0.2, 0) is 4.79 Å². The van der Waals surface area contributed by atoms with Crippen LogP contribution in [0.1, 0.15) is 45.4 Å². The van der Waals surface area contributed by atoms with Crippen LogP contribution in [0.25, 0.3) is 0 Å². The van der Waals surface area contributed by atoms with Gasteiger partial charge in [-0.1, -0.05) is 19.8 Å². The van der Waals surface area contributed by atoms with Gasteiger partial charge >= 0.3 is 0 Å². The molecule has 4 heteroatoms. The minimum atomic E-state index is 0.198. The van der Waals surface area contributed by atoms with Crippen LogP contribution >= 0.6 is 0 Å². The number of carbonyl (C=O) groups is 1. The number of likely N-dealkylation sites (tertiary alicyclic amines) is 1. The van der Waals surface area contributed by atoms with Crippen molar-refractivity contribution in [2.24, 2.45) is 11.7 Å². The summed E-state index contributed by atoms with van der Waals surface area (Å²) < 4.78 is 0. The summed E-state index contributed by atoms with van der Waals surface area (Å²) in [7, 11) is 0. The van der Waals surface area contributed by atoms with E-state index in [-0.39, 0.29) is 5.91 Å². The van der Waals surface area contributed by atoms with E-state index in [2.05, 4.69) is 17.1 Å². The van der Waals surface area contributed by atoms with Gasteiger partial charge in [-0.3, -0.25) is 9.69 Å². The number of carbonyl (C=O) groups excluding carboxylic acids is 1. The summed E-state index contributed by atoms with van der Waals surface area (Å²) in [5.41, 5.74) is 5.87. The quantitative estimate of drug-likeness (QED) is 0.792. The van der Waals surface area contributed by atoms with Gasteiger partial charge in [0.25, 0.3) is 0 Å². The molecule has 1 aliphatic heterocycles. The normalized spacial score (nSPS) is 31.2. The minimum absolute atomic E-state index is 0.198. The van der Waals surface area contributed by atoms with Crippen LogP contribution in [0.4, 0.5) is 0 Å². The summed E-state index contributed by atoms with van der Waals surface area (Å²) in [6.45, 7) is 4.74. The molecule has 2 unspecified atom stereocenters. The highest BCUT2D eigenvalue weighted by Gasteiger charge is 2.24. The summed E-state index contributed by atoms with van der Waals surface area (Å²) in [6, 6.07) is 0.737. The molecule has 0 radical (unpaired) electrons. The lowest BCUT2D eigenvalue weighted by Crippen LogP contribution is -2.48. The fourth-order valence-corrected chi connectivity index (χ4v) is 3.10. The zero-order valence-electron chi connectivity index (χ0n) is 11.5. The number of nitrogens with zero attached hydrogens (tertiary/aromatic N) is 1. The van der Waals surface area contributed by atoms with Gasteiger partial charge < -0.3 is 11.1 Å². The molecule has 0 bridgehead atoms. The van der Waals surface area contributed by atoms with Gasteiger partial charge in [-0.2, -0.15) is 0 Å². The smallest absolute Gasteiger partial charge is 0.234 e. The van der Waals surface area contributed by atoms with Crippen molar-refractivity contribution in [2.75, 3.05) is 19.6 Å². The molecular weight excluding hydrogens is 226 g/mol. The highest BCUT2D eigenvalue weighted by atomic mass is 16.2. The van der Waals surface area contributed by atoms with Crippen molar-refractivity contribution in [1.82, 2.24) is 10.2 Å². The molecule has 2 fully saturated rings. The number of nitrogens with two attached hydrogens (primary N) is 1. The molecule has 1 aliphatic carbocycles. The van der Waals surface area contributed by atoms with E-state index in [1.807, 2.05) is 0 Å². The van der Waals surface area contributed by atoms with Crippen LogP contribution in [0.5, 0.6) is 0 Å². The summed E-state index contributed by atoms with van der Waals surface area (Å²) in [6.07, 6.45) is 7.02. The third-order valence-electron chi connectivity index (χ3n) is 4.46. The topological polar surface area (TPSA) is 58.4 Å². The molecule has 0 aromatic rings. The molecule has 1 saturated heterocycles. The van der Waals surface area contributed by atoms with Crippen molar-refractivity contribution < 1.29 is 4.79 Å². The molecule has 18 heavy (non-hydrogen) atoms. The van der Waals surface area contributed by atoms with E-state index in [1.165, 1.54) is 19.3 Å². The number of piperidine rings is 1. The minimum Gasteiger partial charge on any atom is -0.352 e. The highest BCUT2D eigenvalue weighted by molar-refractivity contribution is 5.78. The van der Waals surface area contributed by atoms with Crippen molar-refractivity contribution in [1.29, 1.82) is 0 Å². The fraction of sp³-hybridized carbons (Fsp3) is 0.929. The fourth-order valence-electron chi connectivity index (χ4n) is 3.10. The van der Waals surface area contributed by atoms with Crippen LogP contribution in [0.15, 0.2) is 0 Å². The Hall–Kier alpha value is -0.610. The second kappa shape index (κ2) is 6.53. The van der Waals surface area contributed by atoms with Crippen LogP contribution in [0.2, 0.25) is 0 Å². The van der Waals surface area contributed by atoms with E-state index in [0.29, 0.717) is 24.5 Å². The van der Waals surface area contributed by atoms with Crippen molar-refractivity contribution >= 4 is 5.91 Å². The van der Waals surface area contributed by atoms with Gasteiger partial charge in [-0.05, 0) is 31.6 Å². The van der Waals surface area contributed by atoms with E-state index in [4.69, 9.17) is 5.73 Å². The van der Waals surface area contributed by atoms with Crippen LogP contribution in [0.3, 0.4) is 0 Å². The molecule has 1 amide bonds. The third kappa shape index (κ3) is 3.95. The second-order valence-electron chi connectivity index (χ2n) is 6.05. The van der Waals surface area contributed by atoms with Gasteiger partial charge in [0.15, 0.2) is 0 Å². The van der Waals surface area contributed by atoms with E-state index < -0.39 is 0 Å². The average molecular weight is 253 g/mol. The lowest BCUT2D eigenvalue weighted by atomic mass is 9.86. The molecule has 2 rings (SSSR count). The molecule has 2 atom stereocenters. The SMILES string of the molecule is CC1CCCCC1NC(=O)CN1CCC(N)CC1. The van der Waals surface area contributed by atoms with E-state index in [1.54, 1.807) is 0 Å². The Morgan fingerprint density at radius 1 is 1.22 bits per heavy atom. The first-order valence-corrected chi connectivity index (χ1v) is 7.42. The zero-order chi connectivity index (χ0) is 13.0. The van der Waals surface area contributed by atoms with Crippen LogP contribution in [0, 0.1) is 5.92 Å². The Labute approximate surface area is 110 Å². The average Bonchev–Trinajstić information content (AvgIpc) is 2.35. The zero-order valence-corrected chi connectivity index (χ0v) is 11.5. The number of amides is 1. The molecule has 0 aromatic carbocycles. The predicted octanol–water partition coefficient (Wildman–Crippen LogP) is 1.10. The third-order valence-corrected chi connectivity index (χ3v) is 4.46. The summed E-state index contributed by atoms with van der Waals surface area (Å²) in [5.74, 6) is 0.835. The Morgan fingerprint density at radius 2 is 1.89 bits per heavy atom. The van der Waals surface area contributed by atoms with Crippen molar-refractivity contribution in [3.8, 4) is 0 Å². The van der Waals surface area contributed by atoms with Gasteiger partial charge in [-0.15, -0.1) is 0 Å². The Kier molecular flexibility index (Phi) is 5.01. The number of hydrogen-bond donors (Lipinski definition) is 2. The van der Waals surface area contributed by atoms with Crippen molar-refractivity contribution in [2.45, 2.75) is 57.5 Å². The summed E-state index contributed by atoms with van der Waals surface area (Å²) >= 11 is 0. The van der Waals surface area contributed by atoms with E-state index in [9.17, 15) is 4.79 Å². The molecule has 0 spiro atoms. The summed E-state index contributed by atoms with van der Waals surface area (Å²) in [4.78, 5) is 14.3. The second-order valence-corrected chi connectivity index (χ2v) is 6.05. The van der Waals surface area contributed by atoms with Gasteiger partial charge in [0.05, 0.1) is 6.54 Å². The maximum Gasteiger partial charge on any atom is 0.234 e. The van der Waals surface area contributed by atoms with Crippen LogP contribution in [-0.4, -0.2) is 42.5 Å². The van der Waals surface area contributed by atoms with E-state index in [0.717, 1.165) is 32.4 Å². The van der Waals surface area contributed by atoms with Crippen LogP contribution < -0.4 is 11.1 Å². The number of nitrogens with one attached hydrogen (secondary N) is 1. The van der Waals surface area contributed by atoms with E-state index >= 15 is 0 Å². The lowest BCUT2D eigenvalue weighted by Gasteiger charge is -2.32. The highest BCUT2D eigenvalue weighted by Crippen LogP contribution is 2.23. The first-order chi connectivity index (χ1) is 8.65. The Morgan fingerprint density at radius 3 is 2.56 bits per heavy atom. The Bertz CT molecular complexity index is 274. The van der Waals surface area contributed by atoms with Crippen molar-refractivity contribution in [3.63, 3.8) is 0 Å². The first kappa shape index (κ1) is 13.8. The van der Waals surface area contributed by atoms with Gasteiger partial charge in [-0.25, -0.2) is 0 Å². The van der Waals surface area contributed by atoms with Gasteiger partial charge in [0.2, 0.25) is 5.91 Å². The molecule has 3 N–H and O–H groups in total. The molecule has 1 heterocycles.